The standard InChI is InChI=1S/C28H36BrN3O4S/c1-6-13-30(17(3)4)27(36)24-28-15-20(29)23(37-28)21(22(28)26(35)32(24)18(5)16-33)25(34)31(14-7-2)19-11-9-8-10-12-19/h6-12,17-18,20-24,33H,1-2,13-16H2,3-5H3/t18-,20?,21+,22+,23+,24?,28?/m1/s1. The number of benzene rings is 1. The number of rotatable bonds is 10. The van der Waals surface area contributed by atoms with Crippen molar-refractivity contribution in [1.82, 2.24) is 9.80 Å². The Labute approximate surface area is 232 Å². The van der Waals surface area contributed by atoms with E-state index < -0.39 is 28.7 Å². The van der Waals surface area contributed by atoms with E-state index in [4.69, 9.17) is 0 Å². The van der Waals surface area contributed by atoms with Crippen LogP contribution in [0.4, 0.5) is 5.69 Å². The third-order valence-corrected chi connectivity index (χ3v) is 11.1. The Balaban J connectivity index is 1.81. The third kappa shape index (κ3) is 4.46. The zero-order chi connectivity index (χ0) is 27.1. The lowest BCUT2D eigenvalue weighted by atomic mass is 9.70. The molecule has 37 heavy (non-hydrogen) atoms. The molecule has 2 bridgehead atoms. The molecular weight excluding hydrogens is 554 g/mol. The number of halogens is 1. The van der Waals surface area contributed by atoms with Gasteiger partial charge in [0.25, 0.3) is 0 Å². The maximum absolute atomic E-state index is 14.2. The molecule has 200 valence electrons. The molecule has 7 nitrogen and oxygen atoms in total. The number of thioether (sulfide) groups is 1. The van der Waals surface area contributed by atoms with E-state index in [9.17, 15) is 19.5 Å². The number of nitrogens with zero attached hydrogens (tertiary/aromatic N) is 3. The molecule has 7 atom stereocenters. The normalized spacial score (nSPS) is 30.8. The highest BCUT2D eigenvalue weighted by atomic mass is 79.9. The Hall–Kier alpha value is -2.10. The van der Waals surface area contributed by atoms with Crippen molar-refractivity contribution in [3.05, 3.63) is 55.6 Å². The van der Waals surface area contributed by atoms with E-state index in [1.165, 1.54) is 0 Å². The van der Waals surface area contributed by atoms with Crippen LogP contribution >= 0.6 is 27.7 Å². The van der Waals surface area contributed by atoms with E-state index in [2.05, 4.69) is 29.1 Å². The second kappa shape index (κ2) is 10.9. The average Bonchev–Trinajstić information content (AvgIpc) is 3.48. The van der Waals surface area contributed by atoms with Crippen LogP contribution in [0, 0.1) is 11.8 Å². The van der Waals surface area contributed by atoms with Gasteiger partial charge in [0.05, 0.1) is 29.2 Å². The number of likely N-dealkylation sites (tertiary alicyclic amines) is 1. The van der Waals surface area contributed by atoms with Gasteiger partial charge in [-0.25, -0.2) is 0 Å². The van der Waals surface area contributed by atoms with Gasteiger partial charge in [0.1, 0.15) is 6.04 Å². The highest BCUT2D eigenvalue weighted by Crippen LogP contribution is 2.68. The van der Waals surface area contributed by atoms with Crippen molar-refractivity contribution in [2.45, 2.75) is 60.1 Å². The first-order valence-electron chi connectivity index (χ1n) is 12.8. The molecule has 0 aliphatic carbocycles. The average molecular weight is 591 g/mol. The zero-order valence-corrected chi connectivity index (χ0v) is 24.0. The molecule has 9 heteroatoms. The van der Waals surface area contributed by atoms with Crippen LogP contribution in [-0.4, -0.2) is 85.3 Å². The summed E-state index contributed by atoms with van der Waals surface area (Å²) in [4.78, 5) is 47.6. The predicted octanol–water partition coefficient (Wildman–Crippen LogP) is 3.47. The van der Waals surface area contributed by atoms with Crippen molar-refractivity contribution >= 4 is 51.1 Å². The van der Waals surface area contributed by atoms with E-state index in [1.807, 2.05) is 44.2 Å². The lowest BCUT2D eigenvalue weighted by Crippen LogP contribution is -2.58. The molecule has 3 aliphatic rings. The number of amides is 3. The molecule has 3 fully saturated rings. The smallest absolute Gasteiger partial charge is 0.247 e. The number of carbonyl (C=O) groups is 3. The summed E-state index contributed by atoms with van der Waals surface area (Å²) in [6.07, 6.45) is 3.97. The SMILES string of the molecule is C=CCN(C(=O)[C@H]1[C@H]2C(=O)N([C@H](C)CO)C(C(=O)N(CC=C)C(C)C)C23CC(Br)[C@@H]1S3)c1ccccc1. The Kier molecular flexibility index (Phi) is 8.26. The molecule has 1 aromatic rings. The fraction of sp³-hybridized carbons (Fsp3) is 0.536. The molecule has 4 rings (SSSR count). The van der Waals surface area contributed by atoms with Gasteiger partial charge >= 0.3 is 0 Å². The quantitative estimate of drug-likeness (QED) is 0.334. The minimum atomic E-state index is -0.771. The van der Waals surface area contributed by atoms with Crippen LogP contribution in [-0.2, 0) is 14.4 Å². The van der Waals surface area contributed by atoms with Gasteiger partial charge < -0.3 is 19.8 Å². The van der Waals surface area contributed by atoms with Crippen LogP contribution in [0.1, 0.15) is 27.2 Å². The molecule has 3 heterocycles. The monoisotopic (exact) mass is 589 g/mol. The van der Waals surface area contributed by atoms with Crippen molar-refractivity contribution in [2.75, 3.05) is 24.6 Å². The highest BCUT2D eigenvalue weighted by Gasteiger charge is 2.76. The minimum absolute atomic E-state index is 0.0246. The molecule has 3 unspecified atom stereocenters. The number of hydrogen-bond acceptors (Lipinski definition) is 5. The lowest BCUT2D eigenvalue weighted by Gasteiger charge is -2.40. The molecule has 1 aromatic carbocycles. The fourth-order valence-electron chi connectivity index (χ4n) is 6.28. The predicted molar refractivity (Wildman–Crippen MR) is 152 cm³/mol. The summed E-state index contributed by atoms with van der Waals surface area (Å²) in [6.45, 7) is 13.7. The number of aliphatic hydroxyl groups excluding tert-OH is 1. The summed E-state index contributed by atoms with van der Waals surface area (Å²) >= 11 is 5.42. The minimum Gasteiger partial charge on any atom is -0.394 e. The number of fused-ring (bicyclic) bond motifs is 1. The van der Waals surface area contributed by atoms with Gasteiger partial charge in [-0.05, 0) is 39.3 Å². The highest BCUT2D eigenvalue weighted by molar-refractivity contribution is 9.09. The van der Waals surface area contributed by atoms with Crippen LogP contribution in [0.3, 0.4) is 0 Å². The van der Waals surface area contributed by atoms with Crippen LogP contribution in [0.15, 0.2) is 55.6 Å². The number of alkyl halides is 1. The summed E-state index contributed by atoms with van der Waals surface area (Å²) in [5.41, 5.74) is 0.746. The first kappa shape index (κ1) is 27.9. The molecule has 3 saturated heterocycles. The number of aliphatic hydroxyl groups is 1. The van der Waals surface area contributed by atoms with E-state index >= 15 is 0 Å². The molecule has 0 saturated carbocycles. The van der Waals surface area contributed by atoms with Gasteiger partial charge in [-0.2, -0.15) is 0 Å². The Morgan fingerprint density at radius 3 is 2.41 bits per heavy atom. The number of hydrogen-bond donors (Lipinski definition) is 1. The largest absolute Gasteiger partial charge is 0.394 e. The molecule has 1 spiro atoms. The van der Waals surface area contributed by atoms with E-state index in [0.717, 1.165) is 5.69 Å². The topological polar surface area (TPSA) is 81.2 Å². The van der Waals surface area contributed by atoms with Crippen molar-refractivity contribution in [3.63, 3.8) is 0 Å². The van der Waals surface area contributed by atoms with Gasteiger partial charge in [0.2, 0.25) is 17.7 Å². The van der Waals surface area contributed by atoms with Crippen molar-refractivity contribution in [1.29, 1.82) is 0 Å². The summed E-state index contributed by atoms with van der Waals surface area (Å²) in [5.74, 6) is -1.77. The fourth-order valence-corrected chi connectivity index (χ4v) is 9.87. The number of carbonyl (C=O) groups excluding carboxylic acids is 3. The Morgan fingerprint density at radius 2 is 1.84 bits per heavy atom. The first-order chi connectivity index (χ1) is 17.6. The molecule has 0 radical (unpaired) electrons. The maximum Gasteiger partial charge on any atom is 0.247 e. The van der Waals surface area contributed by atoms with E-state index in [-0.39, 0.29) is 40.4 Å². The first-order valence-corrected chi connectivity index (χ1v) is 14.6. The number of para-hydroxylation sites is 1. The lowest BCUT2D eigenvalue weighted by molar-refractivity contribution is -0.146. The van der Waals surface area contributed by atoms with Crippen LogP contribution < -0.4 is 4.90 Å². The van der Waals surface area contributed by atoms with Crippen molar-refractivity contribution < 1.29 is 19.5 Å². The second-order valence-electron chi connectivity index (χ2n) is 10.4. The summed E-state index contributed by atoms with van der Waals surface area (Å²) < 4.78 is -0.762. The maximum atomic E-state index is 14.2. The summed E-state index contributed by atoms with van der Waals surface area (Å²) in [5, 5.41) is 9.94. The summed E-state index contributed by atoms with van der Waals surface area (Å²) in [6, 6.07) is 7.99. The summed E-state index contributed by atoms with van der Waals surface area (Å²) in [7, 11) is 0. The van der Waals surface area contributed by atoms with Gasteiger partial charge in [0.15, 0.2) is 0 Å². The molecule has 3 amide bonds. The van der Waals surface area contributed by atoms with Gasteiger partial charge in [0, 0.05) is 34.9 Å². The third-order valence-electron chi connectivity index (χ3n) is 7.86. The Bertz CT molecular complexity index is 1070. The van der Waals surface area contributed by atoms with Gasteiger partial charge in [-0.3, -0.25) is 14.4 Å². The van der Waals surface area contributed by atoms with Crippen molar-refractivity contribution in [2.24, 2.45) is 11.8 Å². The van der Waals surface area contributed by atoms with Gasteiger partial charge in [-0.1, -0.05) is 46.3 Å². The van der Waals surface area contributed by atoms with Gasteiger partial charge in [-0.15, -0.1) is 24.9 Å². The molecule has 1 N–H and O–H groups in total. The zero-order valence-electron chi connectivity index (χ0n) is 21.6. The van der Waals surface area contributed by atoms with Crippen molar-refractivity contribution in [3.8, 4) is 0 Å². The van der Waals surface area contributed by atoms with E-state index in [0.29, 0.717) is 19.5 Å². The van der Waals surface area contributed by atoms with Crippen LogP contribution in [0.5, 0.6) is 0 Å². The van der Waals surface area contributed by atoms with Crippen LogP contribution in [0.25, 0.3) is 0 Å². The molecule has 3 aliphatic heterocycles. The second-order valence-corrected chi connectivity index (χ2v) is 13.1. The molecule has 0 aromatic heterocycles. The molecular formula is C28H36BrN3O4S. The number of anilines is 1. The Morgan fingerprint density at radius 1 is 1.19 bits per heavy atom. The van der Waals surface area contributed by atoms with E-state index in [1.54, 1.807) is 45.5 Å². The van der Waals surface area contributed by atoms with Crippen LogP contribution in [0.2, 0.25) is 0 Å².